The van der Waals surface area contributed by atoms with Crippen LogP contribution < -0.4 is 5.32 Å². The summed E-state index contributed by atoms with van der Waals surface area (Å²) in [6, 6.07) is -0.327. The molecule has 1 aliphatic heterocycles. The van der Waals surface area contributed by atoms with Crippen molar-refractivity contribution in [2.45, 2.75) is 57.2 Å². The van der Waals surface area contributed by atoms with Crippen LogP contribution in [0.2, 0.25) is 0 Å². The molecule has 2 fully saturated rings. The Balaban J connectivity index is 1.81. The predicted molar refractivity (Wildman–Crippen MR) is 71.8 cm³/mol. The number of piperidine rings is 1. The number of urea groups is 1. The van der Waals surface area contributed by atoms with Crippen LogP contribution in [-0.4, -0.2) is 47.4 Å². The van der Waals surface area contributed by atoms with Crippen molar-refractivity contribution < 1.29 is 23.1 Å². The highest BCUT2D eigenvalue weighted by Gasteiger charge is 2.54. The number of nitrogens with one attached hydrogen (secondary N) is 1. The monoisotopic (exact) mass is 308 g/mol. The number of aliphatic hydroxyl groups is 1. The van der Waals surface area contributed by atoms with Gasteiger partial charge in [0.1, 0.15) is 0 Å². The average Bonchev–Trinajstić information content (AvgIpc) is 2.83. The van der Waals surface area contributed by atoms with Gasteiger partial charge in [-0.25, -0.2) is 4.79 Å². The van der Waals surface area contributed by atoms with Crippen molar-refractivity contribution in [2.24, 2.45) is 5.41 Å². The van der Waals surface area contributed by atoms with Gasteiger partial charge in [0, 0.05) is 32.5 Å². The van der Waals surface area contributed by atoms with Crippen molar-refractivity contribution in [2.75, 3.05) is 19.6 Å². The van der Waals surface area contributed by atoms with Crippen molar-refractivity contribution >= 4 is 6.03 Å². The molecular formula is C14H23F3N2O2. The number of hydrogen-bond acceptors (Lipinski definition) is 2. The van der Waals surface area contributed by atoms with Gasteiger partial charge in [-0.2, -0.15) is 13.2 Å². The molecule has 21 heavy (non-hydrogen) atoms. The second-order valence-corrected chi connectivity index (χ2v) is 6.69. The van der Waals surface area contributed by atoms with E-state index in [2.05, 4.69) is 12.2 Å². The molecule has 0 atom stereocenters. The van der Waals surface area contributed by atoms with Crippen molar-refractivity contribution in [1.82, 2.24) is 10.2 Å². The molecule has 2 N–H and O–H groups in total. The second kappa shape index (κ2) is 5.66. The van der Waals surface area contributed by atoms with Crippen LogP contribution in [-0.2, 0) is 0 Å². The quantitative estimate of drug-likeness (QED) is 0.824. The number of rotatable bonds is 2. The van der Waals surface area contributed by atoms with E-state index in [0.717, 1.165) is 25.7 Å². The van der Waals surface area contributed by atoms with Crippen LogP contribution in [0.1, 0.15) is 45.4 Å². The summed E-state index contributed by atoms with van der Waals surface area (Å²) in [4.78, 5) is 13.4. The molecule has 0 aromatic carbocycles. The Morgan fingerprint density at radius 2 is 1.71 bits per heavy atom. The molecule has 2 rings (SSSR count). The Bertz CT molecular complexity index is 384. The molecule has 0 aromatic rings. The molecular weight excluding hydrogens is 285 g/mol. The fourth-order valence-electron chi connectivity index (χ4n) is 3.17. The Morgan fingerprint density at radius 3 is 2.19 bits per heavy atom. The van der Waals surface area contributed by atoms with Crippen LogP contribution in [0.5, 0.6) is 0 Å². The standard InChI is InChI=1S/C14H23F3N2O2/c1-12(4-2-3-5-12)10-18-11(20)19-8-6-13(21,7-9-19)14(15,16)17/h21H,2-10H2,1H3,(H,18,20). The largest absolute Gasteiger partial charge is 0.417 e. The fourth-order valence-corrected chi connectivity index (χ4v) is 3.17. The molecule has 0 radical (unpaired) electrons. The van der Waals surface area contributed by atoms with Gasteiger partial charge in [-0.15, -0.1) is 0 Å². The first-order valence-corrected chi connectivity index (χ1v) is 7.47. The van der Waals surface area contributed by atoms with E-state index in [-0.39, 0.29) is 24.5 Å². The number of likely N-dealkylation sites (tertiary alicyclic amines) is 1. The van der Waals surface area contributed by atoms with Crippen LogP contribution in [0.15, 0.2) is 0 Å². The number of halogens is 3. The zero-order chi connectivity index (χ0) is 15.7. The third-order valence-corrected chi connectivity index (χ3v) is 4.88. The predicted octanol–water partition coefficient (Wildman–Crippen LogP) is 2.67. The average molecular weight is 308 g/mol. The second-order valence-electron chi connectivity index (χ2n) is 6.69. The summed E-state index contributed by atoms with van der Waals surface area (Å²) >= 11 is 0. The molecule has 122 valence electrons. The first-order chi connectivity index (χ1) is 9.65. The number of carbonyl (C=O) groups excluding carboxylic acids is 1. The van der Waals surface area contributed by atoms with Gasteiger partial charge in [-0.05, 0) is 18.3 Å². The molecule has 7 heteroatoms. The molecule has 2 aliphatic rings. The summed E-state index contributed by atoms with van der Waals surface area (Å²) in [7, 11) is 0. The van der Waals surface area contributed by atoms with Crippen LogP contribution in [0, 0.1) is 5.41 Å². The topological polar surface area (TPSA) is 52.6 Å². The highest BCUT2D eigenvalue weighted by Crippen LogP contribution is 2.39. The zero-order valence-electron chi connectivity index (χ0n) is 12.3. The number of alkyl halides is 3. The van der Waals surface area contributed by atoms with Gasteiger partial charge in [0.05, 0.1) is 0 Å². The van der Waals surface area contributed by atoms with E-state index < -0.39 is 24.6 Å². The summed E-state index contributed by atoms with van der Waals surface area (Å²) < 4.78 is 38.1. The van der Waals surface area contributed by atoms with E-state index >= 15 is 0 Å². The Kier molecular flexibility index (Phi) is 4.42. The number of hydrogen-bond donors (Lipinski definition) is 2. The summed E-state index contributed by atoms with van der Waals surface area (Å²) in [6.07, 6.45) is -1.08. The van der Waals surface area contributed by atoms with E-state index in [9.17, 15) is 23.1 Å². The molecule has 1 heterocycles. The van der Waals surface area contributed by atoms with E-state index in [4.69, 9.17) is 0 Å². The van der Waals surface area contributed by atoms with Crippen molar-refractivity contribution in [1.29, 1.82) is 0 Å². The number of carbonyl (C=O) groups is 1. The molecule has 0 unspecified atom stereocenters. The van der Waals surface area contributed by atoms with Crippen molar-refractivity contribution in [3.05, 3.63) is 0 Å². The highest BCUT2D eigenvalue weighted by molar-refractivity contribution is 5.74. The van der Waals surface area contributed by atoms with Gasteiger partial charge in [-0.3, -0.25) is 0 Å². The van der Waals surface area contributed by atoms with Crippen molar-refractivity contribution in [3.8, 4) is 0 Å². The van der Waals surface area contributed by atoms with Gasteiger partial charge in [0.15, 0.2) is 5.60 Å². The first-order valence-electron chi connectivity index (χ1n) is 7.47. The zero-order valence-corrected chi connectivity index (χ0v) is 12.3. The fraction of sp³-hybridized carbons (Fsp3) is 0.929. The van der Waals surface area contributed by atoms with E-state index in [1.807, 2.05) is 0 Å². The molecule has 2 amide bonds. The van der Waals surface area contributed by atoms with Gasteiger partial charge in [0.25, 0.3) is 0 Å². The lowest BCUT2D eigenvalue weighted by molar-refractivity contribution is -0.271. The van der Waals surface area contributed by atoms with Gasteiger partial charge in [-0.1, -0.05) is 19.8 Å². The summed E-state index contributed by atoms with van der Waals surface area (Å²) in [5.74, 6) is 0. The van der Waals surface area contributed by atoms with Crippen LogP contribution in [0.25, 0.3) is 0 Å². The summed E-state index contributed by atoms with van der Waals surface area (Å²) in [5, 5.41) is 12.4. The minimum absolute atomic E-state index is 0.0709. The lowest BCUT2D eigenvalue weighted by Gasteiger charge is -2.39. The minimum Gasteiger partial charge on any atom is -0.380 e. The SMILES string of the molecule is CC1(CNC(=O)N2CCC(O)(C(F)(F)F)CC2)CCCC1. The maximum atomic E-state index is 12.7. The molecule has 0 bridgehead atoms. The summed E-state index contributed by atoms with van der Waals surface area (Å²) in [6.45, 7) is 2.54. The highest BCUT2D eigenvalue weighted by atomic mass is 19.4. The normalized spacial score (nSPS) is 24.9. The van der Waals surface area contributed by atoms with Crippen LogP contribution >= 0.6 is 0 Å². The Labute approximate surface area is 122 Å². The molecule has 1 saturated carbocycles. The molecule has 1 aliphatic carbocycles. The van der Waals surface area contributed by atoms with Gasteiger partial charge < -0.3 is 15.3 Å². The van der Waals surface area contributed by atoms with Crippen molar-refractivity contribution in [3.63, 3.8) is 0 Å². The Morgan fingerprint density at radius 1 is 1.19 bits per heavy atom. The molecule has 0 spiro atoms. The maximum Gasteiger partial charge on any atom is 0.417 e. The van der Waals surface area contributed by atoms with E-state index in [0.29, 0.717) is 6.54 Å². The first kappa shape index (κ1) is 16.4. The maximum absolute atomic E-state index is 12.7. The number of nitrogens with zero attached hydrogens (tertiary/aromatic N) is 1. The van der Waals surface area contributed by atoms with Crippen LogP contribution in [0.3, 0.4) is 0 Å². The van der Waals surface area contributed by atoms with Gasteiger partial charge in [0.2, 0.25) is 0 Å². The molecule has 0 aromatic heterocycles. The van der Waals surface area contributed by atoms with Crippen LogP contribution in [0.4, 0.5) is 18.0 Å². The number of amides is 2. The molecule has 1 saturated heterocycles. The van der Waals surface area contributed by atoms with E-state index in [1.165, 1.54) is 4.90 Å². The molecule has 4 nitrogen and oxygen atoms in total. The third-order valence-electron chi connectivity index (χ3n) is 4.88. The Hall–Kier alpha value is -0.980. The van der Waals surface area contributed by atoms with E-state index in [1.54, 1.807) is 0 Å². The smallest absolute Gasteiger partial charge is 0.380 e. The summed E-state index contributed by atoms with van der Waals surface area (Å²) in [5.41, 5.74) is -2.54. The van der Waals surface area contributed by atoms with Gasteiger partial charge >= 0.3 is 12.2 Å². The minimum atomic E-state index is -4.63. The third kappa shape index (κ3) is 3.62. The lowest BCUT2D eigenvalue weighted by Crippen LogP contribution is -2.56. The lowest BCUT2D eigenvalue weighted by atomic mass is 9.89.